The highest BCUT2D eigenvalue weighted by Crippen LogP contribution is 2.31. The van der Waals surface area contributed by atoms with Crippen LogP contribution in [0.1, 0.15) is 58.4 Å². The molecule has 1 aliphatic heterocycles. The Morgan fingerprint density at radius 2 is 2.03 bits per heavy atom. The van der Waals surface area contributed by atoms with Crippen LogP contribution < -0.4 is 16.2 Å². The molecule has 0 spiro atoms. The zero-order chi connectivity index (χ0) is 24.3. The van der Waals surface area contributed by atoms with E-state index in [1.54, 1.807) is 10.9 Å². The minimum absolute atomic E-state index is 0.0414. The number of hydrogen-bond donors (Lipinski definition) is 2. The Morgan fingerprint density at radius 1 is 1.24 bits per heavy atom. The topological polar surface area (TPSA) is 89.7 Å². The number of nitrogens with one attached hydrogen (secondary N) is 2. The monoisotopic (exact) mass is 477 g/mol. The number of rotatable bonds is 4. The summed E-state index contributed by atoms with van der Waals surface area (Å²) in [7, 11) is 0. The Labute approximate surface area is 203 Å². The first-order valence-corrected chi connectivity index (χ1v) is 12.6. The molecule has 5 rings (SSSR count). The van der Waals surface area contributed by atoms with Crippen molar-refractivity contribution in [2.45, 2.75) is 65.5 Å². The summed E-state index contributed by atoms with van der Waals surface area (Å²) in [6, 6.07) is 6.39. The van der Waals surface area contributed by atoms with Crippen molar-refractivity contribution in [1.29, 1.82) is 0 Å². The first-order chi connectivity index (χ1) is 16.1. The van der Waals surface area contributed by atoms with Gasteiger partial charge < -0.3 is 10.6 Å². The molecule has 34 heavy (non-hydrogen) atoms. The van der Waals surface area contributed by atoms with Crippen molar-refractivity contribution in [3.63, 3.8) is 0 Å². The van der Waals surface area contributed by atoms with E-state index in [4.69, 9.17) is 9.97 Å². The summed E-state index contributed by atoms with van der Waals surface area (Å²) in [4.78, 5) is 27.1. The molecule has 4 aromatic rings. The Bertz CT molecular complexity index is 1440. The fraction of sp³-hybridized carbons (Fsp3) is 0.440. The smallest absolute Gasteiger partial charge is 0.278 e. The number of fused-ring (bicyclic) bond motifs is 2. The van der Waals surface area contributed by atoms with Crippen LogP contribution in [0.3, 0.4) is 0 Å². The SMILES string of the molecule is CCn1c(=O)c2cnc(Nc3ccc4c(c3)CCNC4(C)C)nc2n1-c1nc(C(C)(C)C)cs1. The molecule has 178 valence electrons. The Hall–Kier alpha value is -3.04. The van der Waals surface area contributed by atoms with Gasteiger partial charge in [0.2, 0.25) is 11.1 Å². The zero-order valence-electron chi connectivity index (χ0n) is 20.6. The molecule has 0 bridgehead atoms. The third-order valence-electron chi connectivity index (χ3n) is 6.41. The zero-order valence-corrected chi connectivity index (χ0v) is 21.4. The van der Waals surface area contributed by atoms with Crippen LogP contribution in [0.4, 0.5) is 11.6 Å². The van der Waals surface area contributed by atoms with Crippen LogP contribution >= 0.6 is 11.3 Å². The lowest BCUT2D eigenvalue weighted by molar-refractivity contribution is 0.382. The van der Waals surface area contributed by atoms with Crippen LogP contribution in [0.5, 0.6) is 0 Å². The van der Waals surface area contributed by atoms with Gasteiger partial charge in [-0.15, -0.1) is 11.3 Å². The highest BCUT2D eigenvalue weighted by molar-refractivity contribution is 7.12. The van der Waals surface area contributed by atoms with Gasteiger partial charge in [0.05, 0.1) is 5.69 Å². The van der Waals surface area contributed by atoms with Gasteiger partial charge in [-0.1, -0.05) is 26.8 Å². The third kappa shape index (κ3) is 3.82. The van der Waals surface area contributed by atoms with Gasteiger partial charge in [0.25, 0.3) is 5.56 Å². The third-order valence-corrected chi connectivity index (χ3v) is 7.23. The van der Waals surface area contributed by atoms with E-state index in [0.29, 0.717) is 23.5 Å². The van der Waals surface area contributed by atoms with E-state index in [2.05, 4.69) is 73.8 Å². The Balaban J connectivity index is 1.57. The van der Waals surface area contributed by atoms with Gasteiger partial charge in [-0.2, -0.15) is 4.98 Å². The maximum Gasteiger partial charge on any atom is 0.278 e. The molecule has 1 aromatic carbocycles. The molecule has 0 saturated carbocycles. The van der Waals surface area contributed by atoms with E-state index >= 15 is 0 Å². The molecule has 1 aliphatic rings. The number of nitrogens with zero attached hydrogens (tertiary/aromatic N) is 5. The lowest BCUT2D eigenvalue weighted by Crippen LogP contribution is -2.42. The maximum atomic E-state index is 13.1. The molecule has 0 unspecified atom stereocenters. The lowest BCUT2D eigenvalue weighted by Gasteiger charge is -2.34. The maximum absolute atomic E-state index is 13.1. The quantitative estimate of drug-likeness (QED) is 0.450. The van der Waals surface area contributed by atoms with Crippen molar-refractivity contribution in [2.75, 3.05) is 11.9 Å². The second-order valence-electron chi connectivity index (χ2n) is 10.3. The van der Waals surface area contributed by atoms with Crippen molar-refractivity contribution in [3.8, 4) is 5.13 Å². The van der Waals surface area contributed by atoms with Crippen molar-refractivity contribution in [1.82, 2.24) is 29.6 Å². The first kappa shape index (κ1) is 22.7. The van der Waals surface area contributed by atoms with E-state index in [1.807, 2.05) is 11.6 Å². The van der Waals surface area contributed by atoms with Gasteiger partial charge in [-0.25, -0.2) is 19.3 Å². The largest absolute Gasteiger partial charge is 0.324 e. The standard InChI is InChI=1S/C25H31N7OS/c1-7-31-21(33)17-13-26-22(28-16-8-9-18-15(12-16)10-11-27-25(18,5)6)30-20(17)32(31)23-29-19(14-34-23)24(2,3)4/h8-9,12-14,27H,7,10-11H2,1-6H3,(H,26,28,30). The molecule has 0 radical (unpaired) electrons. The molecule has 2 N–H and O–H groups in total. The van der Waals surface area contributed by atoms with Crippen LogP contribution in [0.2, 0.25) is 0 Å². The average Bonchev–Trinajstić information content (AvgIpc) is 3.36. The number of thiazole rings is 1. The molecule has 0 amide bonds. The minimum atomic E-state index is -0.111. The number of aromatic nitrogens is 5. The molecule has 4 heterocycles. The second-order valence-corrected chi connectivity index (χ2v) is 11.2. The van der Waals surface area contributed by atoms with E-state index < -0.39 is 0 Å². The molecule has 0 saturated heterocycles. The van der Waals surface area contributed by atoms with Crippen LogP contribution in [-0.4, -0.2) is 30.9 Å². The fourth-order valence-electron chi connectivity index (χ4n) is 4.50. The van der Waals surface area contributed by atoms with Crippen LogP contribution in [0.25, 0.3) is 16.2 Å². The van der Waals surface area contributed by atoms with E-state index in [0.717, 1.165) is 29.5 Å². The Kier molecular flexibility index (Phi) is 5.37. The van der Waals surface area contributed by atoms with Crippen molar-refractivity contribution in [3.05, 3.63) is 57.0 Å². The molecule has 9 heteroatoms. The first-order valence-electron chi connectivity index (χ1n) is 11.7. The van der Waals surface area contributed by atoms with Crippen molar-refractivity contribution < 1.29 is 0 Å². The molecule has 0 aliphatic carbocycles. The molecular weight excluding hydrogens is 446 g/mol. The number of anilines is 2. The highest BCUT2D eigenvalue weighted by Gasteiger charge is 2.27. The average molecular weight is 478 g/mol. The lowest BCUT2D eigenvalue weighted by atomic mass is 9.85. The summed E-state index contributed by atoms with van der Waals surface area (Å²) in [5, 5.41) is 10.2. The van der Waals surface area contributed by atoms with Gasteiger partial charge in [0, 0.05) is 34.8 Å². The van der Waals surface area contributed by atoms with Gasteiger partial charge >= 0.3 is 0 Å². The molecule has 3 aromatic heterocycles. The molecule has 0 atom stereocenters. The minimum Gasteiger partial charge on any atom is -0.324 e. The van der Waals surface area contributed by atoms with Crippen molar-refractivity contribution >= 4 is 34.0 Å². The molecular formula is C25H31N7OS. The summed E-state index contributed by atoms with van der Waals surface area (Å²) in [5.74, 6) is 0.454. The summed E-state index contributed by atoms with van der Waals surface area (Å²) in [6.07, 6.45) is 2.59. The number of benzene rings is 1. The van der Waals surface area contributed by atoms with Crippen LogP contribution in [0.15, 0.2) is 34.6 Å². The van der Waals surface area contributed by atoms with E-state index in [-0.39, 0.29) is 16.5 Å². The highest BCUT2D eigenvalue weighted by atomic mass is 32.1. The summed E-state index contributed by atoms with van der Waals surface area (Å²) in [6.45, 7) is 14.2. The van der Waals surface area contributed by atoms with Gasteiger partial charge in [-0.3, -0.25) is 4.79 Å². The second kappa shape index (κ2) is 8.02. The van der Waals surface area contributed by atoms with Gasteiger partial charge in [0.1, 0.15) is 5.39 Å². The van der Waals surface area contributed by atoms with Crippen molar-refractivity contribution in [2.24, 2.45) is 0 Å². The normalized spacial score (nSPS) is 15.5. The van der Waals surface area contributed by atoms with Gasteiger partial charge in [0.15, 0.2) is 5.65 Å². The van der Waals surface area contributed by atoms with E-state index in [1.165, 1.54) is 22.5 Å². The molecule has 8 nitrogen and oxygen atoms in total. The van der Waals surface area contributed by atoms with Crippen LogP contribution in [0, 0.1) is 0 Å². The number of hydrogen-bond acceptors (Lipinski definition) is 7. The summed E-state index contributed by atoms with van der Waals surface area (Å²) < 4.78 is 3.49. The summed E-state index contributed by atoms with van der Waals surface area (Å²) >= 11 is 1.52. The predicted octanol–water partition coefficient (Wildman–Crippen LogP) is 4.48. The summed E-state index contributed by atoms with van der Waals surface area (Å²) in [5.41, 5.74) is 4.89. The molecule has 0 fully saturated rings. The predicted molar refractivity (Wildman–Crippen MR) is 138 cm³/mol. The van der Waals surface area contributed by atoms with Crippen LogP contribution in [-0.2, 0) is 23.9 Å². The fourth-order valence-corrected chi connectivity index (χ4v) is 5.56. The van der Waals surface area contributed by atoms with E-state index in [9.17, 15) is 4.79 Å². The van der Waals surface area contributed by atoms with Gasteiger partial charge in [-0.05, 0) is 57.0 Å². The Morgan fingerprint density at radius 3 is 2.74 bits per heavy atom.